The zero-order valence-corrected chi connectivity index (χ0v) is 7.86. The fraction of sp³-hybridized carbons (Fsp3) is 0.778. The predicted octanol–water partition coefficient (Wildman–Crippen LogP) is 0.694. The lowest BCUT2D eigenvalue weighted by molar-refractivity contribution is -0.137. The van der Waals surface area contributed by atoms with Gasteiger partial charge in [0, 0.05) is 18.5 Å². The summed E-state index contributed by atoms with van der Waals surface area (Å²) in [4.78, 5) is 23.0. The number of likely N-dealkylation sites (tertiary alicyclic amines) is 1. The van der Waals surface area contributed by atoms with Crippen molar-refractivity contribution in [3.63, 3.8) is 0 Å². The van der Waals surface area contributed by atoms with E-state index in [1.807, 2.05) is 0 Å². The molecule has 14 heavy (non-hydrogen) atoms. The summed E-state index contributed by atoms with van der Waals surface area (Å²) < 4.78 is 4.94. The lowest BCUT2D eigenvalue weighted by atomic mass is 9.78. The van der Waals surface area contributed by atoms with Crippen molar-refractivity contribution in [2.45, 2.75) is 19.3 Å². The van der Waals surface area contributed by atoms with Gasteiger partial charge in [0.15, 0.2) is 0 Å². The van der Waals surface area contributed by atoms with Gasteiger partial charge in [0.2, 0.25) is 0 Å². The first-order chi connectivity index (χ1) is 6.61. The molecule has 2 rings (SSSR count). The molecule has 1 N–H and O–H groups in total. The van der Waals surface area contributed by atoms with Crippen LogP contribution in [0.1, 0.15) is 19.3 Å². The van der Waals surface area contributed by atoms with E-state index in [1.54, 1.807) is 0 Å². The molecule has 0 radical (unpaired) electrons. The van der Waals surface area contributed by atoms with Gasteiger partial charge < -0.3 is 14.7 Å². The Morgan fingerprint density at radius 3 is 2.50 bits per heavy atom. The van der Waals surface area contributed by atoms with Crippen LogP contribution in [0.5, 0.6) is 0 Å². The number of carboxylic acid groups (broad SMARTS) is 1. The molecule has 2 aliphatic rings. The third-order valence-electron chi connectivity index (χ3n) is 3.15. The minimum Gasteiger partial charge on any atom is -0.465 e. The maximum absolute atomic E-state index is 11.0. The Morgan fingerprint density at radius 1 is 1.43 bits per heavy atom. The smallest absolute Gasteiger partial charge is 0.407 e. The van der Waals surface area contributed by atoms with E-state index in [1.165, 1.54) is 4.90 Å². The molecular weight excluding hydrogens is 186 g/mol. The molecule has 5 nitrogen and oxygen atoms in total. The molecular formula is C9H13NO4. The first kappa shape index (κ1) is 9.30. The Morgan fingerprint density at radius 2 is 2.07 bits per heavy atom. The minimum atomic E-state index is -0.870. The molecule has 0 atom stereocenters. The van der Waals surface area contributed by atoms with Crippen LogP contribution >= 0.6 is 0 Å². The molecule has 2 fully saturated rings. The summed E-state index contributed by atoms with van der Waals surface area (Å²) in [5, 5.41) is 8.75. The van der Waals surface area contributed by atoms with Crippen molar-refractivity contribution in [3.8, 4) is 0 Å². The summed E-state index contributed by atoms with van der Waals surface area (Å²) in [6, 6.07) is 0. The van der Waals surface area contributed by atoms with Gasteiger partial charge in [-0.05, 0) is 12.8 Å². The van der Waals surface area contributed by atoms with Crippen molar-refractivity contribution in [2.24, 2.45) is 5.41 Å². The topological polar surface area (TPSA) is 66.8 Å². The molecule has 0 aromatic heterocycles. The van der Waals surface area contributed by atoms with Gasteiger partial charge in [0.1, 0.15) is 0 Å². The Balaban J connectivity index is 1.95. The average molecular weight is 199 g/mol. The summed E-state index contributed by atoms with van der Waals surface area (Å²) >= 11 is 0. The van der Waals surface area contributed by atoms with Crippen molar-refractivity contribution in [1.82, 2.24) is 4.90 Å². The van der Waals surface area contributed by atoms with Crippen LogP contribution in [0.25, 0.3) is 0 Å². The van der Waals surface area contributed by atoms with E-state index in [-0.39, 0.29) is 11.4 Å². The standard InChI is InChI=1S/C9H13NO4/c11-7-5-9(6-14-7)1-3-10(4-2-9)8(12)13/h1-6H2,(H,12,13). The zero-order valence-electron chi connectivity index (χ0n) is 7.86. The van der Waals surface area contributed by atoms with Gasteiger partial charge >= 0.3 is 12.1 Å². The molecule has 1 amide bonds. The van der Waals surface area contributed by atoms with E-state index in [0.717, 1.165) is 12.8 Å². The van der Waals surface area contributed by atoms with Crippen LogP contribution in [0.15, 0.2) is 0 Å². The summed E-state index contributed by atoms with van der Waals surface area (Å²) in [7, 11) is 0. The molecule has 0 aliphatic carbocycles. The number of carbonyl (C=O) groups is 2. The molecule has 0 saturated carbocycles. The molecule has 1 spiro atoms. The van der Waals surface area contributed by atoms with Gasteiger partial charge in [-0.25, -0.2) is 4.79 Å². The minimum absolute atomic E-state index is 0.0664. The number of cyclic esters (lactones) is 1. The number of rotatable bonds is 0. The highest BCUT2D eigenvalue weighted by atomic mass is 16.5. The Bertz CT molecular complexity index is 268. The second-order valence-electron chi connectivity index (χ2n) is 4.11. The van der Waals surface area contributed by atoms with Gasteiger partial charge in [0.05, 0.1) is 13.0 Å². The van der Waals surface area contributed by atoms with E-state index in [2.05, 4.69) is 0 Å². The van der Waals surface area contributed by atoms with Gasteiger partial charge in [-0.3, -0.25) is 4.79 Å². The average Bonchev–Trinajstić information content (AvgIpc) is 2.48. The first-order valence-corrected chi connectivity index (χ1v) is 4.75. The lowest BCUT2D eigenvalue weighted by Gasteiger charge is -2.35. The monoisotopic (exact) mass is 199 g/mol. The number of piperidine rings is 1. The number of hydrogen-bond acceptors (Lipinski definition) is 3. The van der Waals surface area contributed by atoms with Crippen LogP contribution in [0.2, 0.25) is 0 Å². The Hall–Kier alpha value is -1.26. The molecule has 2 aliphatic heterocycles. The maximum atomic E-state index is 11.0. The largest absolute Gasteiger partial charge is 0.465 e. The maximum Gasteiger partial charge on any atom is 0.407 e. The van der Waals surface area contributed by atoms with Gasteiger partial charge in [-0.1, -0.05) is 0 Å². The molecule has 0 unspecified atom stereocenters. The summed E-state index contributed by atoms with van der Waals surface area (Å²) in [6.07, 6.45) is 1.07. The number of esters is 1. The van der Waals surface area contributed by atoms with Crippen LogP contribution < -0.4 is 0 Å². The normalized spacial score (nSPS) is 25.1. The van der Waals surface area contributed by atoms with Crippen LogP contribution in [-0.2, 0) is 9.53 Å². The summed E-state index contributed by atoms with van der Waals surface area (Å²) in [6.45, 7) is 1.51. The van der Waals surface area contributed by atoms with Gasteiger partial charge in [-0.2, -0.15) is 0 Å². The molecule has 78 valence electrons. The van der Waals surface area contributed by atoms with Crippen molar-refractivity contribution in [2.75, 3.05) is 19.7 Å². The van der Waals surface area contributed by atoms with Crippen molar-refractivity contribution in [3.05, 3.63) is 0 Å². The van der Waals surface area contributed by atoms with E-state index in [0.29, 0.717) is 26.1 Å². The van der Waals surface area contributed by atoms with Crippen LogP contribution in [-0.4, -0.2) is 41.8 Å². The zero-order chi connectivity index (χ0) is 10.2. The number of hydrogen-bond donors (Lipinski definition) is 1. The third kappa shape index (κ3) is 1.54. The fourth-order valence-electron chi connectivity index (χ4n) is 2.14. The molecule has 5 heteroatoms. The molecule has 2 heterocycles. The van der Waals surface area contributed by atoms with Gasteiger partial charge in [-0.15, -0.1) is 0 Å². The van der Waals surface area contributed by atoms with Crippen LogP contribution in [0.4, 0.5) is 4.79 Å². The Labute approximate surface area is 81.6 Å². The number of nitrogens with zero attached hydrogens (tertiary/aromatic N) is 1. The second-order valence-corrected chi connectivity index (χ2v) is 4.11. The highest BCUT2D eigenvalue weighted by molar-refractivity contribution is 5.72. The Kier molecular flexibility index (Phi) is 2.09. The van der Waals surface area contributed by atoms with E-state index >= 15 is 0 Å². The quantitative estimate of drug-likeness (QED) is 0.583. The fourth-order valence-corrected chi connectivity index (χ4v) is 2.14. The molecule has 0 bridgehead atoms. The lowest BCUT2D eigenvalue weighted by Crippen LogP contribution is -2.42. The van der Waals surface area contributed by atoms with E-state index in [4.69, 9.17) is 9.84 Å². The van der Waals surface area contributed by atoms with Crippen molar-refractivity contribution < 1.29 is 19.4 Å². The summed E-state index contributed by atoms with van der Waals surface area (Å²) in [5.41, 5.74) is -0.0664. The first-order valence-electron chi connectivity index (χ1n) is 4.75. The number of ether oxygens (including phenoxy) is 1. The van der Waals surface area contributed by atoms with Crippen molar-refractivity contribution >= 4 is 12.1 Å². The number of amides is 1. The van der Waals surface area contributed by atoms with Crippen LogP contribution in [0, 0.1) is 5.41 Å². The SMILES string of the molecule is O=C1CC2(CCN(C(=O)O)CC2)CO1. The van der Waals surface area contributed by atoms with Crippen molar-refractivity contribution in [1.29, 1.82) is 0 Å². The molecule has 2 saturated heterocycles. The third-order valence-corrected chi connectivity index (χ3v) is 3.15. The highest BCUT2D eigenvalue weighted by Crippen LogP contribution is 2.39. The number of carbonyl (C=O) groups excluding carboxylic acids is 1. The highest BCUT2D eigenvalue weighted by Gasteiger charge is 2.43. The van der Waals surface area contributed by atoms with E-state index < -0.39 is 6.09 Å². The molecule has 0 aromatic carbocycles. The predicted molar refractivity (Wildman–Crippen MR) is 46.8 cm³/mol. The van der Waals surface area contributed by atoms with E-state index in [9.17, 15) is 9.59 Å². The molecule has 0 aromatic rings. The summed E-state index contributed by atoms with van der Waals surface area (Å²) in [5.74, 6) is -0.145. The van der Waals surface area contributed by atoms with Gasteiger partial charge in [0.25, 0.3) is 0 Å². The van der Waals surface area contributed by atoms with Crippen LogP contribution in [0.3, 0.4) is 0 Å². The second kappa shape index (κ2) is 3.15.